The smallest absolute Gasteiger partial charge is 0.152 e. The Bertz CT molecular complexity index is 250. The van der Waals surface area contributed by atoms with Gasteiger partial charge in [-0.05, 0) is 25.8 Å². The van der Waals surface area contributed by atoms with Gasteiger partial charge >= 0.3 is 0 Å². The highest BCUT2D eigenvalue weighted by atomic mass is 16.1. The second-order valence-corrected chi connectivity index (χ2v) is 4.32. The van der Waals surface area contributed by atoms with Gasteiger partial charge < -0.3 is 0 Å². The topological polar surface area (TPSA) is 17.1 Å². The summed E-state index contributed by atoms with van der Waals surface area (Å²) in [6.07, 6.45) is 4.73. The highest BCUT2D eigenvalue weighted by molar-refractivity contribution is 5.87. The Labute approximate surface area is 87.9 Å². The summed E-state index contributed by atoms with van der Waals surface area (Å²) >= 11 is 0. The maximum absolute atomic E-state index is 10.9. The zero-order valence-corrected chi connectivity index (χ0v) is 10.1. The van der Waals surface area contributed by atoms with Gasteiger partial charge in [0, 0.05) is 5.41 Å². The van der Waals surface area contributed by atoms with Gasteiger partial charge in [-0.15, -0.1) is 0 Å². The maximum atomic E-state index is 10.9. The van der Waals surface area contributed by atoms with E-state index in [0.717, 1.165) is 12.0 Å². The molecule has 0 fully saturated rings. The van der Waals surface area contributed by atoms with Gasteiger partial charge in [0.2, 0.25) is 0 Å². The summed E-state index contributed by atoms with van der Waals surface area (Å²) in [5, 5.41) is 0. The van der Waals surface area contributed by atoms with Gasteiger partial charge in [0.15, 0.2) is 5.78 Å². The third-order valence-electron chi connectivity index (χ3n) is 3.22. The van der Waals surface area contributed by atoms with Crippen molar-refractivity contribution in [1.29, 1.82) is 0 Å². The monoisotopic (exact) mass is 194 g/mol. The minimum Gasteiger partial charge on any atom is -0.295 e. The van der Waals surface area contributed by atoms with Crippen LogP contribution in [0.3, 0.4) is 0 Å². The Kier molecular flexibility index (Phi) is 4.82. The van der Waals surface area contributed by atoms with E-state index in [0.29, 0.717) is 5.92 Å². The molecule has 2 atom stereocenters. The summed E-state index contributed by atoms with van der Waals surface area (Å²) < 4.78 is 0. The third kappa shape index (κ3) is 3.13. The van der Waals surface area contributed by atoms with Crippen LogP contribution in [0.1, 0.15) is 41.0 Å². The van der Waals surface area contributed by atoms with Crippen LogP contribution in [0.5, 0.6) is 0 Å². The van der Waals surface area contributed by atoms with E-state index in [1.165, 1.54) is 0 Å². The molecule has 0 heterocycles. The van der Waals surface area contributed by atoms with E-state index in [1.807, 2.05) is 13.0 Å². The molecule has 0 saturated carbocycles. The second-order valence-electron chi connectivity index (χ2n) is 4.32. The van der Waals surface area contributed by atoms with Gasteiger partial charge in [0.1, 0.15) is 0 Å². The standard InChI is InChI=1S/C13H22O/c1-7-11(4)13(6,10(2)3)9-8-12(5)14/h8-9,11H,2,7H2,1,3-6H3. The summed E-state index contributed by atoms with van der Waals surface area (Å²) in [7, 11) is 0. The molecule has 2 unspecified atom stereocenters. The summed E-state index contributed by atoms with van der Waals surface area (Å²) in [5.41, 5.74) is 1.06. The van der Waals surface area contributed by atoms with Crippen LogP contribution in [0.15, 0.2) is 24.3 Å². The van der Waals surface area contributed by atoms with Crippen LogP contribution in [0, 0.1) is 11.3 Å². The highest BCUT2D eigenvalue weighted by Crippen LogP contribution is 2.37. The average Bonchev–Trinajstić information content (AvgIpc) is 2.12. The fourth-order valence-electron chi connectivity index (χ4n) is 1.44. The zero-order valence-electron chi connectivity index (χ0n) is 10.1. The predicted octanol–water partition coefficient (Wildman–Crippen LogP) is 3.76. The normalized spacial score (nSPS) is 17.8. The summed E-state index contributed by atoms with van der Waals surface area (Å²) in [5.74, 6) is 0.608. The van der Waals surface area contributed by atoms with E-state index in [2.05, 4.69) is 27.4 Å². The molecule has 0 aromatic carbocycles. The average molecular weight is 194 g/mol. The molecule has 0 aliphatic rings. The van der Waals surface area contributed by atoms with Crippen LogP contribution in [-0.2, 0) is 4.79 Å². The lowest BCUT2D eigenvalue weighted by molar-refractivity contribution is -0.112. The van der Waals surface area contributed by atoms with Crippen LogP contribution >= 0.6 is 0 Å². The highest BCUT2D eigenvalue weighted by Gasteiger charge is 2.27. The molecule has 0 saturated heterocycles. The molecule has 0 bridgehead atoms. The summed E-state index contributed by atoms with van der Waals surface area (Å²) in [6.45, 7) is 14.1. The molecule has 0 spiro atoms. The molecule has 80 valence electrons. The zero-order chi connectivity index (χ0) is 11.4. The van der Waals surface area contributed by atoms with Crippen LogP contribution in [0.4, 0.5) is 0 Å². The van der Waals surface area contributed by atoms with Gasteiger partial charge in [-0.2, -0.15) is 0 Å². The number of hydrogen-bond acceptors (Lipinski definition) is 1. The Morgan fingerprint density at radius 3 is 2.29 bits per heavy atom. The Balaban J connectivity index is 4.91. The molecule has 0 aromatic rings. The first-order valence-electron chi connectivity index (χ1n) is 5.20. The number of carbonyl (C=O) groups excluding carboxylic acids is 1. The molecule has 0 aromatic heterocycles. The van der Waals surface area contributed by atoms with E-state index in [4.69, 9.17) is 0 Å². The van der Waals surface area contributed by atoms with Gasteiger partial charge in [-0.25, -0.2) is 0 Å². The number of hydrogen-bond donors (Lipinski definition) is 0. The molecule has 0 rings (SSSR count). The Hall–Kier alpha value is -0.850. The Morgan fingerprint density at radius 1 is 1.50 bits per heavy atom. The van der Waals surface area contributed by atoms with Gasteiger partial charge in [0.25, 0.3) is 0 Å². The maximum Gasteiger partial charge on any atom is 0.152 e. The van der Waals surface area contributed by atoms with Gasteiger partial charge in [0.05, 0.1) is 0 Å². The first-order chi connectivity index (χ1) is 6.34. The van der Waals surface area contributed by atoms with Crippen molar-refractivity contribution in [2.75, 3.05) is 0 Å². The van der Waals surface area contributed by atoms with Crippen LogP contribution in [-0.4, -0.2) is 5.78 Å². The van der Waals surface area contributed by atoms with Crippen molar-refractivity contribution in [3.63, 3.8) is 0 Å². The van der Waals surface area contributed by atoms with Crippen molar-refractivity contribution in [3.05, 3.63) is 24.3 Å². The van der Waals surface area contributed by atoms with Crippen molar-refractivity contribution in [2.45, 2.75) is 41.0 Å². The van der Waals surface area contributed by atoms with Crippen molar-refractivity contribution in [2.24, 2.45) is 11.3 Å². The number of carbonyl (C=O) groups is 1. The van der Waals surface area contributed by atoms with Crippen molar-refractivity contribution in [1.82, 2.24) is 0 Å². The molecule has 0 N–H and O–H groups in total. The van der Waals surface area contributed by atoms with E-state index in [9.17, 15) is 4.79 Å². The fourth-order valence-corrected chi connectivity index (χ4v) is 1.44. The molecule has 14 heavy (non-hydrogen) atoms. The number of ketones is 1. The van der Waals surface area contributed by atoms with Crippen molar-refractivity contribution < 1.29 is 4.79 Å². The Morgan fingerprint density at radius 2 is 2.00 bits per heavy atom. The van der Waals surface area contributed by atoms with Gasteiger partial charge in [-0.1, -0.05) is 45.4 Å². The lowest BCUT2D eigenvalue weighted by Gasteiger charge is -2.33. The lowest BCUT2D eigenvalue weighted by atomic mass is 9.72. The van der Waals surface area contributed by atoms with Crippen molar-refractivity contribution in [3.8, 4) is 0 Å². The number of allylic oxidation sites excluding steroid dienone is 3. The fraction of sp³-hybridized carbons (Fsp3) is 0.615. The summed E-state index contributed by atoms with van der Waals surface area (Å²) in [4.78, 5) is 10.9. The molecular formula is C13H22O. The van der Waals surface area contributed by atoms with E-state index in [1.54, 1.807) is 13.0 Å². The molecule has 1 heteroatoms. The molecule has 0 amide bonds. The minimum atomic E-state index is -0.0551. The predicted molar refractivity (Wildman–Crippen MR) is 62.2 cm³/mol. The van der Waals surface area contributed by atoms with E-state index in [-0.39, 0.29) is 11.2 Å². The third-order valence-corrected chi connectivity index (χ3v) is 3.22. The molecule has 0 aliphatic heterocycles. The largest absolute Gasteiger partial charge is 0.295 e. The van der Waals surface area contributed by atoms with Crippen LogP contribution in [0.2, 0.25) is 0 Å². The minimum absolute atomic E-state index is 0.0551. The first-order valence-corrected chi connectivity index (χ1v) is 5.20. The van der Waals surface area contributed by atoms with Gasteiger partial charge in [-0.3, -0.25) is 4.79 Å². The lowest BCUT2D eigenvalue weighted by Crippen LogP contribution is -2.23. The van der Waals surface area contributed by atoms with Crippen molar-refractivity contribution >= 4 is 5.78 Å². The molecule has 0 aliphatic carbocycles. The quantitative estimate of drug-likeness (QED) is 0.481. The molecule has 0 radical (unpaired) electrons. The molecule has 1 nitrogen and oxygen atoms in total. The van der Waals surface area contributed by atoms with E-state index < -0.39 is 0 Å². The first kappa shape index (κ1) is 13.2. The summed E-state index contributed by atoms with van der Waals surface area (Å²) in [6, 6.07) is 0. The molecular weight excluding hydrogens is 172 g/mol. The number of rotatable bonds is 5. The van der Waals surface area contributed by atoms with Crippen LogP contribution < -0.4 is 0 Å². The SMILES string of the molecule is C=C(C)C(C)(C=CC(C)=O)C(C)CC. The van der Waals surface area contributed by atoms with Crippen LogP contribution in [0.25, 0.3) is 0 Å². The van der Waals surface area contributed by atoms with E-state index >= 15 is 0 Å². The second kappa shape index (κ2) is 5.14.